The molecule has 0 amide bonds. The first kappa shape index (κ1) is 66.9. The van der Waals surface area contributed by atoms with Crippen LogP contribution in [-0.4, -0.2) is 19.9 Å². The largest absolute Gasteiger partial charge is 0.228 e. The van der Waals surface area contributed by atoms with E-state index in [0.717, 1.165) is 112 Å². The van der Waals surface area contributed by atoms with Crippen molar-refractivity contribution in [2.45, 2.75) is 0 Å². The van der Waals surface area contributed by atoms with Gasteiger partial charge in [-0.3, -0.25) is 0 Å². The van der Waals surface area contributed by atoms with Crippen LogP contribution in [0.5, 0.6) is 0 Å². The Bertz CT molecular complexity index is 5840. The highest BCUT2D eigenvalue weighted by Crippen LogP contribution is 2.41. The minimum absolute atomic E-state index is 0.680. The summed E-state index contributed by atoms with van der Waals surface area (Å²) in [6.07, 6.45) is 0. The first-order chi connectivity index (χ1) is 53.5. The first-order valence-corrected chi connectivity index (χ1v) is 36.6. The van der Waals surface area contributed by atoms with Crippen LogP contribution in [0.2, 0.25) is 0 Å². The van der Waals surface area contributed by atoms with Crippen LogP contribution >= 0.6 is 0 Å². The van der Waals surface area contributed by atoms with E-state index in [9.17, 15) is 0 Å². The maximum Gasteiger partial charge on any atom is 0.160 e. The monoisotopic (exact) mass is 1380 g/mol. The van der Waals surface area contributed by atoms with Crippen LogP contribution in [0.25, 0.3) is 179 Å². The molecular formula is C104H72N4. The smallest absolute Gasteiger partial charge is 0.160 e. The van der Waals surface area contributed by atoms with Crippen molar-refractivity contribution in [3.05, 3.63) is 437 Å². The molecule has 18 aromatic rings. The van der Waals surface area contributed by atoms with Gasteiger partial charge in [0.1, 0.15) is 0 Å². The summed E-state index contributed by atoms with van der Waals surface area (Å²) in [7, 11) is 0. The van der Waals surface area contributed by atoms with E-state index in [0.29, 0.717) is 11.6 Å². The fourth-order valence-electron chi connectivity index (χ4n) is 14.1. The summed E-state index contributed by atoms with van der Waals surface area (Å²) in [5.41, 5.74) is 32.8. The molecule has 4 nitrogen and oxygen atoms in total. The van der Waals surface area contributed by atoms with Gasteiger partial charge >= 0.3 is 0 Å². The summed E-state index contributed by atoms with van der Waals surface area (Å²) >= 11 is 0. The van der Waals surface area contributed by atoms with Gasteiger partial charge < -0.3 is 0 Å². The topological polar surface area (TPSA) is 51.6 Å². The fraction of sp³-hybridized carbons (Fsp3) is 0. The van der Waals surface area contributed by atoms with Gasteiger partial charge in [0.25, 0.3) is 0 Å². The van der Waals surface area contributed by atoms with Gasteiger partial charge in [0.05, 0.1) is 22.8 Å². The van der Waals surface area contributed by atoms with Crippen molar-refractivity contribution in [1.29, 1.82) is 0 Å². The summed E-state index contributed by atoms with van der Waals surface area (Å²) in [5.74, 6) is 1.36. The molecule has 0 aliphatic rings. The second kappa shape index (κ2) is 31.3. The highest BCUT2D eigenvalue weighted by Gasteiger charge is 2.19. The lowest BCUT2D eigenvalue weighted by Crippen LogP contribution is -1.98. The van der Waals surface area contributed by atoms with E-state index in [4.69, 9.17) is 19.9 Å². The zero-order valence-corrected chi connectivity index (χ0v) is 59.4. The molecule has 16 aromatic carbocycles. The second-order valence-electron chi connectivity index (χ2n) is 26.9. The molecule has 2 heterocycles. The Balaban J connectivity index is 0.000000158. The van der Waals surface area contributed by atoms with Gasteiger partial charge in [0, 0.05) is 33.4 Å². The molecule has 0 bridgehead atoms. The summed E-state index contributed by atoms with van der Waals surface area (Å²) in [4.78, 5) is 21.1. The van der Waals surface area contributed by atoms with E-state index in [2.05, 4.69) is 419 Å². The minimum Gasteiger partial charge on any atom is -0.228 e. The summed E-state index contributed by atoms with van der Waals surface area (Å²) < 4.78 is 0. The molecule has 2 aromatic heterocycles. The predicted molar refractivity (Wildman–Crippen MR) is 451 cm³/mol. The van der Waals surface area contributed by atoms with Crippen molar-refractivity contribution in [2.24, 2.45) is 0 Å². The Kier molecular flexibility index (Phi) is 19.4. The Morgan fingerprint density at radius 2 is 0.269 bits per heavy atom. The number of nitrogens with zero attached hydrogens (tertiary/aromatic N) is 4. The van der Waals surface area contributed by atoms with E-state index in [1.165, 1.54) is 55.6 Å². The Labute approximate surface area is 631 Å². The Morgan fingerprint density at radius 1 is 0.102 bits per heavy atom. The Morgan fingerprint density at radius 3 is 0.537 bits per heavy atom. The molecule has 0 saturated carbocycles. The van der Waals surface area contributed by atoms with Gasteiger partial charge in [-0.2, -0.15) is 0 Å². The van der Waals surface area contributed by atoms with E-state index in [1.54, 1.807) is 0 Å². The highest BCUT2D eigenvalue weighted by molar-refractivity contribution is 5.88. The van der Waals surface area contributed by atoms with E-state index >= 15 is 0 Å². The third-order valence-electron chi connectivity index (χ3n) is 19.9. The maximum absolute atomic E-state index is 5.35. The van der Waals surface area contributed by atoms with E-state index < -0.39 is 0 Å². The van der Waals surface area contributed by atoms with Gasteiger partial charge in [0.15, 0.2) is 11.6 Å². The van der Waals surface area contributed by atoms with Crippen LogP contribution in [-0.2, 0) is 0 Å². The lowest BCUT2D eigenvalue weighted by molar-refractivity contribution is 1.18. The molecule has 0 unspecified atom stereocenters. The molecule has 508 valence electrons. The third-order valence-corrected chi connectivity index (χ3v) is 19.9. The second-order valence-corrected chi connectivity index (χ2v) is 26.9. The van der Waals surface area contributed by atoms with Gasteiger partial charge in [-0.25, -0.2) is 19.9 Å². The van der Waals surface area contributed by atoms with Crippen molar-refractivity contribution in [3.8, 4) is 179 Å². The number of aromatic nitrogens is 4. The molecule has 0 spiro atoms. The Hall–Kier alpha value is -14.3. The normalized spacial score (nSPS) is 11.0. The number of hydrogen-bond acceptors (Lipinski definition) is 4. The van der Waals surface area contributed by atoms with Gasteiger partial charge in [0.2, 0.25) is 0 Å². The molecule has 0 aliphatic heterocycles. The number of rotatable bonds is 16. The van der Waals surface area contributed by atoms with Crippen molar-refractivity contribution in [3.63, 3.8) is 0 Å². The minimum atomic E-state index is 0.680. The standard InChI is InChI=1S/2C52H36N2/c1-5-15-37(16-6-1)39-25-29-41(30-26-39)45-33-46(42-31-27-40(28-32-42)38-17-7-2-8-18-38)35-47(34-45)52-53-50(44-21-11-4-12-22-44)36-51(54-52)49-24-14-13-23-48(49)43-19-9-3-10-20-43;1-5-13-37(14-6-1)40-21-25-43(26-22-40)47-33-48(44-27-23-41(24-28-44)38-15-7-2-8-16-38)35-49(34-47)52-53-50(45-19-11-4-12-20-45)36-51(54-52)46-31-29-42(30-32-46)39-17-9-3-10-18-39/h2*1-36H. The molecule has 0 aliphatic carbocycles. The van der Waals surface area contributed by atoms with Crippen LogP contribution < -0.4 is 0 Å². The fourth-order valence-corrected chi connectivity index (χ4v) is 14.1. The SMILES string of the molecule is c1ccc(-c2ccc(-c3cc(-c4ccc(-c5ccccc5)cc4)cc(-c4nc(-c5ccccc5)cc(-c5ccc(-c6ccccc6)cc5)n4)c3)cc2)cc1.c1ccc(-c2ccc(-c3cc(-c4ccc(-c5ccccc5)cc4)cc(-c4nc(-c5ccccc5)cc(-c5ccccc5-c5ccccc5)n4)c3)cc2)cc1. The molecule has 108 heavy (non-hydrogen) atoms. The quantitative estimate of drug-likeness (QED) is 0.0967. The third kappa shape index (κ3) is 15.2. The van der Waals surface area contributed by atoms with Crippen LogP contribution in [0.1, 0.15) is 0 Å². The van der Waals surface area contributed by atoms with Crippen molar-refractivity contribution < 1.29 is 0 Å². The van der Waals surface area contributed by atoms with E-state index in [-0.39, 0.29) is 0 Å². The lowest BCUT2D eigenvalue weighted by atomic mass is 9.93. The average molecular weight is 1380 g/mol. The summed E-state index contributed by atoms with van der Waals surface area (Å²) in [6, 6.07) is 154. The zero-order valence-electron chi connectivity index (χ0n) is 59.4. The van der Waals surface area contributed by atoms with E-state index in [1.807, 2.05) is 18.2 Å². The average Bonchev–Trinajstić information content (AvgIpc) is 0.798. The maximum atomic E-state index is 5.35. The summed E-state index contributed by atoms with van der Waals surface area (Å²) in [6.45, 7) is 0. The molecule has 0 atom stereocenters. The predicted octanol–water partition coefficient (Wildman–Crippen LogP) is 27.6. The zero-order chi connectivity index (χ0) is 72.2. The van der Waals surface area contributed by atoms with Crippen LogP contribution in [0.15, 0.2) is 437 Å². The highest BCUT2D eigenvalue weighted by atomic mass is 14.9. The molecular weight excluding hydrogens is 1310 g/mol. The van der Waals surface area contributed by atoms with Crippen LogP contribution in [0.3, 0.4) is 0 Å². The van der Waals surface area contributed by atoms with Crippen LogP contribution in [0.4, 0.5) is 0 Å². The molecule has 0 saturated heterocycles. The van der Waals surface area contributed by atoms with Gasteiger partial charge in [-0.05, 0) is 160 Å². The molecule has 0 fully saturated rings. The van der Waals surface area contributed by atoms with Crippen molar-refractivity contribution in [1.82, 2.24) is 19.9 Å². The van der Waals surface area contributed by atoms with Crippen molar-refractivity contribution >= 4 is 0 Å². The lowest BCUT2D eigenvalue weighted by Gasteiger charge is -2.15. The first-order valence-electron chi connectivity index (χ1n) is 36.6. The van der Waals surface area contributed by atoms with Crippen molar-refractivity contribution in [2.75, 3.05) is 0 Å². The molecule has 18 rings (SSSR count). The van der Waals surface area contributed by atoms with Gasteiger partial charge in [-0.15, -0.1) is 0 Å². The summed E-state index contributed by atoms with van der Waals surface area (Å²) in [5, 5.41) is 0. The molecule has 0 N–H and O–H groups in total. The molecule has 0 radical (unpaired) electrons. The number of benzene rings is 16. The molecule has 4 heteroatoms. The van der Waals surface area contributed by atoms with Gasteiger partial charge in [-0.1, -0.05) is 388 Å². The van der Waals surface area contributed by atoms with Crippen LogP contribution in [0, 0.1) is 0 Å². The number of hydrogen-bond donors (Lipinski definition) is 0.